The van der Waals surface area contributed by atoms with Gasteiger partial charge in [0.25, 0.3) is 0 Å². The largest absolute Gasteiger partial charge is 0.545 e. The molecule has 0 aliphatic carbocycles. The Kier molecular flexibility index (Phi) is 4.08. The number of ether oxygens (including phenoxy) is 2. The second-order valence-electron chi connectivity index (χ2n) is 4.86. The van der Waals surface area contributed by atoms with Gasteiger partial charge < -0.3 is 19.4 Å². The van der Waals surface area contributed by atoms with Crippen LogP contribution in [0.3, 0.4) is 0 Å². The summed E-state index contributed by atoms with van der Waals surface area (Å²) in [7, 11) is 0. The van der Waals surface area contributed by atoms with Gasteiger partial charge in [0.05, 0.1) is 17.4 Å². The van der Waals surface area contributed by atoms with Crippen molar-refractivity contribution >= 4 is 29.0 Å². The van der Waals surface area contributed by atoms with Crippen LogP contribution in [-0.2, 0) is 0 Å². The smallest absolute Gasteiger partial charge is 0.231 e. The fraction of sp³-hybridized carbons (Fsp3) is 0.125. The Morgan fingerprint density at radius 3 is 2.78 bits per heavy atom. The molecule has 1 N–H and O–H groups in total. The summed E-state index contributed by atoms with van der Waals surface area (Å²) in [6, 6.07) is 9.98. The molecule has 0 saturated heterocycles. The van der Waals surface area contributed by atoms with Gasteiger partial charge in [-0.25, -0.2) is 0 Å². The molecule has 0 spiro atoms. The predicted octanol–water partition coefficient (Wildman–Crippen LogP) is 2.27. The molecule has 0 aromatic heterocycles. The van der Waals surface area contributed by atoms with Crippen molar-refractivity contribution in [3.05, 3.63) is 52.5 Å². The van der Waals surface area contributed by atoms with Gasteiger partial charge in [-0.3, -0.25) is 5.43 Å². The number of halogens is 1. The number of carbonyl (C=O) groups excluding carboxylic acids is 1. The van der Waals surface area contributed by atoms with Crippen molar-refractivity contribution in [2.24, 2.45) is 5.10 Å². The van der Waals surface area contributed by atoms with E-state index in [4.69, 9.17) is 21.1 Å². The molecule has 0 radical (unpaired) electrons. The highest BCUT2D eigenvalue weighted by Gasteiger charge is 2.14. The predicted molar refractivity (Wildman–Crippen MR) is 84.2 cm³/mol. The molecule has 1 aliphatic heterocycles. The minimum absolute atomic E-state index is 0.0902. The zero-order valence-corrected chi connectivity index (χ0v) is 12.9. The Morgan fingerprint density at radius 1 is 1.22 bits per heavy atom. The third-order valence-corrected chi connectivity index (χ3v) is 3.66. The molecule has 0 atom stereocenters. The van der Waals surface area contributed by atoms with E-state index < -0.39 is 5.97 Å². The topological polar surface area (TPSA) is 83.0 Å². The SMILES string of the molecule is C/C(=N/Nc1ccc(Cl)c(C(=O)[O-])c1)c1ccc2c(c1)OCO2. The number of carboxylic acids is 1. The van der Waals surface area contributed by atoms with Crippen LogP contribution in [0.15, 0.2) is 41.5 Å². The number of nitrogens with zero attached hydrogens (tertiary/aromatic N) is 1. The van der Waals surface area contributed by atoms with Gasteiger partial charge in [0.15, 0.2) is 11.5 Å². The van der Waals surface area contributed by atoms with Gasteiger partial charge in [-0.15, -0.1) is 0 Å². The molecule has 6 nitrogen and oxygen atoms in total. The number of hydrogen-bond acceptors (Lipinski definition) is 6. The first-order valence-electron chi connectivity index (χ1n) is 6.76. The number of hydrazone groups is 1. The summed E-state index contributed by atoms with van der Waals surface area (Å²) in [5.41, 5.74) is 4.76. The summed E-state index contributed by atoms with van der Waals surface area (Å²) in [4.78, 5) is 11.0. The van der Waals surface area contributed by atoms with Crippen molar-refractivity contribution in [1.29, 1.82) is 0 Å². The van der Waals surface area contributed by atoms with Crippen LogP contribution in [-0.4, -0.2) is 18.5 Å². The van der Waals surface area contributed by atoms with E-state index in [-0.39, 0.29) is 17.4 Å². The lowest BCUT2D eigenvalue weighted by atomic mass is 10.1. The van der Waals surface area contributed by atoms with Crippen molar-refractivity contribution < 1.29 is 19.4 Å². The first-order valence-corrected chi connectivity index (χ1v) is 7.13. The number of hydrogen-bond donors (Lipinski definition) is 1. The number of anilines is 1. The minimum atomic E-state index is -1.34. The summed E-state index contributed by atoms with van der Waals surface area (Å²) in [6.07, 6.45) is 0. The summed E-state index contributed by atoms with van der Waals surface area (Å²) < 4.78 is 10.6. The molecule has 7 heteroatoms. The first kappa shape index (κ1) is 15.2. The van der Waals surface area contributed by atoms with Crippen LogP contribution in [0.5, 0.6) is 11.5 Å². The second kappa shape index (κ2) is 6.18. The van der Waals surface area contributed by atoms with Crippen LogP contribution in [0.1, 0.15) is 22.8 Å². The Hall–Kier alpha value is -2.73. The van der Waals surface area contributed by atoms with E-state index in [1.807, 2.05) is 25.1 Å². The first-order chi connectivity index (χ1) is 11.0. The standard InChI is InChI=1S/C16H13ClN2O4/c1-9(10-2-5-14-15(6-10)23-8-22-14)18-19-11-3-4-13(17)12(7-11)16(20)21/h2-7,19H,8H2,1H3,(H,20,21)/p-1/b18-9-. The molecular formula is C16H12ClN2O4-. The average Bonchev–Trinajstić information content (AvgIpc) is 3.01. The molecule has 0 amide bonds. The summed E-state index contributed by atoms with van der Waals surface area (Å²) >= 11 is 5.79. The van der Waals surface area contributed by atoms with Crippen LogP contribution >= 0.6 is 11.6 Å². The van der Waals surface area contributed by atoms with Gasteiger partial charge >= 0.3 is 0 Å². The molecule has 2 aromatic carbocycles. The zero-order chi connectivity index (χ0) is 16.4. The van der Waals surface area contributed by atoms with E-state index in [1.54, 1.807) is 6.07 Å². The van der Waals surface area contributed by atoms with E-state index in [0.29, 0.717) is 22.9 Å². The molecule has 3 rings (SSSR count). The quantitative estimate of drug-likeness (QED) is 0.686. The lowest BCUT2D eigenvalue weighted by Crippen LogP contribution is -2.22. The second-order valence-corrected chi connectivity index (χ2v) is 5.27. The highest BCUT2D eigenvalue weighted by atomic mass is 35.5. The number of carboxylic acid groups (broad SMARTS) is 1. The van der Waals surface area contributed by atoms with E-state index in [9.17, 15) is 9.90 Å². The lowest BCUT2D eigenvalue weighted by Gasteiger charge is -2.09. The normalized spacial score (nSPS) is 13.0. The minimum Gasteiger partial charge on any atom is -0.545 e. The zero-order valence-electron chi connectivity index (χ0n) is 12.1. The summed E-state index contributed by atoms with van der Waals surface area (Å²) in [5, 5.41) is 15.3. The number of carbonyl (C=O) groups is 1. The van der Waals surface area contributed by atoms with E-state index in [0.717, 1.165) is 5.56 Å². The number of aromatic carboxylic acids is 1. The van der Waals surface area contributed by atoms with Crippen molar-refractivity contribution in [2.45, 2.75) is 6.92 Å². The van der Waals surface area contributed by atoms with Gasteiger partial charge in [-0.2, -0.15) is 5.10 Å². The maximum Gasteiger partial charge on any atom is 0.231 e. The molecule has 0 bridgehead atoms. The molecule has 1 aliphatic rings. The number of benzene rings is 2. The van der Waals surface area contributed by atoms with Gasteiger partial charge in [0.1, 0.15) is 0 Å². The average molecular weight is 332 g/mol. The fourth-order valence-electron chi connectivity index (χ4n) is 2.09. The molecule has 118 valence electrons. The van der Waals surface area contributed by atoms with Crippen LogP contribution in [0.4, 0.5) is 5.69 Å². The van der Waals surface area contributed by atoms with Crippen LogP contribution < -0.4 is 20.0 Å². The molecule has 1 heterocycles. The maximum absolute atomic E-state index is 11.0. The van der Waals surface area contributed by atoms with Gasteiger partial charge in [0, 0.05) is 16.1 Å². The van der Waals surface area contributed by atoms with Gasteiger partial charge in [-0.05, 0) is 43.3 Å². The van der Waals surface area contributed by atoms with Crippen molar-refractivity contribution in [2.75, 3.05) is 12.2 Å². The highest BCUT2D eigenvalue weighted by molar-refractivity contribution is 6.33. The van der Waals surface area contributed by atoms with Crippen molar-refractivity contribution in [1.82, 2.24) is 0 Å². The third kappa shape index (κ3) is 3.22. The number of fused-ring (bicyclic) bond motifs is 1. The lowest BCUT2D eigenvalue weighted by molar-refractivity contribution is -0.255. The maximum atomic E-state index is 11.0. The van der Waals surface area contributed by atoms with Gasteiger partial charge in [-0.1, -0.05) is 11.6 Å². The van der Waals surface area contributed by atoms with Crippen molar-refractivity contribution in [3.8, 4) is 11.5 Å². The summed E-state index contributed by atoms with van der Waals surface area (Å²) in [6.45, 7) is 2.03. The van der Waals surface area contributed by atoms with E-state index >= 15 is 0 Å². The molecule has 0 fully saturated rings. The Balaban J connectivity index is 1.79. The Morgan fingerprint density at radius 2 is 2.00 bits per heavy atom. The van der Waals surface area contributed by atoms with Crippen LogP contribution in [0.2, 0.25) is 5.02 Å². The summed E-state index contributed by atoms with van der Waals surface area (Å²) in [5.74, 6) is 0.0312. The Labute approximate surface area is 137 Å². The number of rotatable bonds is 4. The van der Waals surface area contributed by atoms with Crippen molar-refractivity contribution in [3.63, 3.8) is 0 Å². The van der Waals surface area contributed by atoms with Gasteiger partial charge in [0.2, 0.25) is 6.79 Å². The highest BCUT2D eigenvalue weighted by Crippen LogP contribution is 2.32. The van der Waals surface area contributed by atoms with Crippen LogP contribution in [0.25, 0.3) is 0 Å². The fourth-order valence-corrected chi connectivity index (χ4v) is 2.28. The molecular weight excluding hydrogens is 320 g/mol. The molecule has 23 heavy (non-hydrogen) atoms. The molecule has 0 unspecified atom stereocenters. The van der Waals surface area contributed by atoms with E-state index in [2.05, 4.69) is 10.5 Å². The Bertz CT molecular complexity index is 805. The molecule has 0 saturated carbocycles. The monoisotopic (exact) mass is 331 g/mol. The third-order valence-electron chi connectivity index (χ3n) is 3.33. The van der Waals surface area contributed by atoms with Crippen LogP contribution in [0, 0.1) is 0 Å². The molecule has 2 aromatic rings. The van der Waals surface area contributed by atoms with E-state index in [1.165, 1.54) is 12.1 Å². The number of nitrogens with one attached hydrogen (secondary N) is 1.